The molecule has 0 aliphatic rings. The van der Waals surface area contributed by atoms with Crippen molar-refractivity contribution in [3.63, 3.8) is 0 Å². The lowest BCUT2D eigenvalue weighted by molar-refractivity contribution is 0.0696. The van der Waals surface area contributed by atoms with Gasteiger partial charge in [0.05, 0.1) is 19.3 Å². The molecule has 5 nitrogen and oxygen atoms in total. The van der Waals surface area contributed by atoms with Crippen LogP contribution in [0.4, 0.5) is 0 Å². The van der Waals surface area contributed by atoms with E-state index in [1.165, 1.54) is 0 Å². The molecule has 0 aromatic carbocycles. The van der Waals surface area contributed by atoms with E-state index in [0.29, 0.717) is 19.8 Å². The summed E-state index contributed by atoms with van der Waals surface area (Å²) in [6.07, 6.45) is 2.86. The number of aromatic nitrogens is 1. The van der Waals surface area contributed by atoms with Crippen molar-refractivity contribution in [2.24, 2.45) is 0 Å². The lowest BCUT2D eigenvalue weighted by Gasteiger charge is -2.24. The highest BCUT2D eigenvalue weighted by Gasteiger charge is 2.13. The minimum absolute atomic E-state index is 0.512. The predicted octanol–water partition coefficient (Wildman–Crippen LogP) is 0.710. The first-order chi connectivity index (χ1) is 8.77. The van der Waals surface area contributed by atoms with E-state index in [1.807, 2.05) is 12.1 Å². The van der Waals surface area contributed by atoms with E-state index in [9.17, 15) is 5.11 Å². The Labute approximate surface area is 108 Å². The third-order valence-electron chi connectivity index (χ3n) is 2.75. The molecule has 1 heterocycles. The standard InChI is InChI=1S/C13H22N2O3/c1-17-9-7-15(8-10-18-2)11-13(16)12-3-5-14-6-4-12/h3-6,13,16H,7-11H2,1-2H3. The van der Waals surface area contributed by atoms with Crippen molar-refractivity contribution >= 4 is 0 Å². The first kappa shape index (κ1) is 15.0. The molecule has 1 aromatic rings. The summed E-state index contributed by atoms with van der Waals surface area (Å²) < 4.78 is 10.1. The SMILES string of the molecule is COCCN(CCOC)CC(O)c1ccncc1. The summed E-state index contributed by atoms with van der Waals surface area (Å²) in [5.74, 6) is 0. The molecule has 0 fully saturated rings. The summed E-state index contributed by atoms with van der Waals surface area (Å²) >= 11 is 0. The summed E-state index contributed by atoms with van der Waals surface area (Å²) in [7, 11) is 3.35. The van der Waals surface area contributed by atoms with Gasteiger partial charge in [0, 0.05) is 46.2 Å². The maximum atomic E-state index is 10.1. The Kier molecular flexibility index (Phi) is 7.52. The molecule has 1 rings (SSSR count). The van der Waals surface area contributed by atoms with Crippen LogP contribution in [-0.2, 0) is 9.47 Å². The van der Waals surface area contributed by atoms with E-state index in [0.717, 1.165) is 18.7 Å². The van der Waals surface area contributed by atoms with Crippen molar-refractivity contribution in [2.45, 2.75) is 6.10 Å². The minimum atomic E-state index is -0.512. The van der Waals surface area contributed by atoms with E-state index in [-0.39, 0.29) is 0 Å². The van der Waals surface area contributed by atoms with Gasteiger partial charge in [-0.25, -0.2) is 0 Å². The molecule has 0 aliphatic heterocycles. The summed E-state index contributed by atoms with van der Waals surface area (Å²) in [4.78, 5) is 6.06. The Morgan fingerprint density at radius 3 is 2.22 bits per heavy atom. The van der Waals surface area contributed by atoms with Gasteiger partial charge >= 0.3 is 0 Å². The van der Waals surface area contributed by atoms with Crippen molar-refractivity contribution in [1.82, 2.24) is 9.88 Å². The Morgan fingerprint density at radius 2 is 1.72 bits per heavy atom. The molecule has 0 amide bonds. The van der Waals surface area contributed by atoms with Gasteiger partial charge in [0.1, 0.15) is 0 Å². The van der Waals surface area contributed by atoms with Crippen LogP contribution in [-0.4, -0.2) is 62.1 Å². The molecule has 0 aliphatic carbocycles. The lowest BCUT2D eigenvalue weighted by atomic mass is 10.1. The smallest absolute Gasteiger partial charge is 0.0918 e. The predicted molar refractivity (Wildman–Crippen MR) is 69.4 cm³/mol. The third kappa shape index (κ3) is 5.55. The molecule has 1 N–H and O–H groups in total. The Hall–Kier alpha value is -1.01. The van der Waals surface area contributed by atoms with Crippen LogP contribution in [0.3, 0.4) is 0 Å². The van der Waals surface area contributed by atoms with Crippen molar-refractivity contribution in [1.29, 1.82) is 0 Å². The van der Waals surface area contributed by atoms with Crippen molar-refractivity contribution in [2.75, 3.05) is 47.1 Å². The summed E-state index contributed by atoms with van der Waals surface area (Å²) in [6, 6.07) is 3.66. The molecule has 5 heteroatoms. The number of nitrogens with zero attached hydrogens (tertiary/aromatic N) is 2. The zero-order valence-corrected chi connectivity index (χ0v) is 11.1. The second kappa shape index (κ2) is 8.99. The minimum Gasteiger partial charge on any atom is -0.387 e. The highest BCUT2D eigenvalue weighted by Crippen LogP contribution is 2.12. The number of hydrogen-bond acceptors (Lipinski definition) is 5. The summed E-state index contributed by atoms with van der Waals surface area (Å²) in [5.41, 5.74) is 0.879. The zero-order valence-electron chi connectivity index (χ0n) is 11.1. The maximum Gasteiger partial charge on any atom is 0.0918 e. The van der Waals surface area contributed by atoms with E-state index in [4.69, 9.17) is 9.47 Å². The number of aliphatic hydroxyl groups is 1. The first-order valence-corrected chi connectivity index (χ1v) is 6.06. The van der Waals surface area contributed by atoms with Crippen LogP contribution in [0.5, 0.6) is 0 Å². The number of ether oxygens (including phenoxy) is 2. The molecule has 0 radical (unpaired) electrons. The highest BCUT2D eigenvalue weighted by molar-refractivity contribution is 5.13. The molecule has 1 atom stereocenters. The summed E-state index contributed by atoms with van der Waals surface area (Å²) in [6.45, 7) is 3.42. The molecule has 102 valence electrons. The Balaban J connectivity index is 2.47. The van der Waals surface area contributed by atoms with E-state index in [1.54, 1.807) is 26.6 Å². The van der Waals surface area contributed by atoms with Crippen LogP contribution < -0.4 is 0 Å². The van der Waals surface area contributed by atoms with Gasteiger partial charge in [-0.3, -0.25) is 9.88 Å². The van der Waals surface area contributed by atoms with Gasteiger partial charge in [0.2, 0.25) is 0 Å². The van der Waals surface area contributed by atoms with E-state index < -0.39 is 6.10 Å². The fraction of sp³-hybridized carbons (Fsp3) is 0.615. The fourth-order valence-corrected chi connectivity index (χ4v) is 1.67. The number of methoxy groups -OCH3 is 2. The molecule has 1 unspecified atom stereocenters. The molecule has 0 saturated carbocycles. The molecular formula is C13H22N2O3. The number of hydrogen-bond donors (Lipinski definition) is 1. The van der Waals surface area contributed by atoms with Gasteiger partial charge in [-0.2, -0.15) is 0 Å². The van der Waals surface area contributed by atoms with Crippen LogP contribution in [0.1, 0.15) is 11.7 Å². The van der Waals surface area contributed by atoms with Gasteiger partial charge in [-0.1, -0.05) is 0 Å². The van der Waals surface area contributed by atoms with Crippen molar-refractivity contribution in [3.8, 4) is 0 Å². The van der Waals surface area contributed by atoms with Gasteiger partial charge in [0.15, 0.2) is 0 Å². The molecule has 0 saturated heterocycles. The van der Waals surface area contributed by atoms with Gasteiger partial charge in [0.25, 0.3) is 0 Å². The number of rotatable bonds is 9. The Bertz CT molecular complexity index is 300. The van der Waals surface area contributed by atoms with Crippen LogP contribution in [0, 0.1) is 0 Å². The van der Waals surface area contributed by atoms with Gasteiger partial charge in [-0.05, 0) is 17.7 Å². The lowest BCUT2D eigenvalue weighted by Crippen LogP contribution is -2.34. The van der Waals surface area contributed by atoms with Crippen LogP contribution in [0.25, 0.3) is 0 Å². The second-order valence-electron chi connectivity index (χ2n) is 4.08. The van der Waals surface area contributed by atoms with E-state index >= 15 is 0 Å². The second-order valence-corrected chi connectivity index (χ2v) is 4.08. The third-order valence-corrected chi connectivity index (χ3v) is 2.75. The van der Waals surface area contributed by atoms with E-state index in [2.05, 4.69) is 9.88 Å². The summed E-state index contributed by atoms with van der Waals surface area (Å²) in [5, 5.41) is 10.1. The van der Waals surface area contributed by atoms with Gasteiger partial charge < -0.3 is 14.6 Å². The normalized spacial score (nSPS) is 12.9. The quantitative estimate of drug-likeness (QED) is 0.703. The highest BCUT2D eigenvalue weighted by atomic mass is 16.5. The average molecular weight is 254 g/mol. The Morgan fingerprint density at radius 1 is 1.17 bits per heavy atom. The van der Waals surface area contributed by atoms with Crippen LogP contribution in [0.15, 0.2) is 24.5 Å². The molecular weight excluding hydrogens is 232 g/mol. The van der Waals surface area contributed by atoms with Gasteiger partial charge in [-0.15, -0.1) is 0 Å². The largest absolute Gasteiger partial charge is 0.387 e. The average Bonchev–Trinajstić information content (AvgIpc) is 2.42. The van der Waals surface area contributed by atoms with Crippen molar-refractivity contribution < 1.29 is 14.6 Å². The maximum absolute atomic E-state index is 10.1. The molecule has 18 heavy (non-hydrogen) atoms. The fourth-order valence-electron chi connectivity index (χ4n) is 1.67. The molecule has 1 aromatic heterocycles. The number of pyridine rings is 1. The van der Waals surface area contributed by atoms with Crippen molar-refractivity contribution in [3.05, 3.63) is 30.1 Å². The van der Waals surface area contributed by atoms with Crippen LogP contribution in [0.2, 0.25) is 0 Å². The first-order valence-electron chi connectivity index (χ1n) is 6.06. The zero-order chi connectivity index (χ0) is 13.2. The topological polar surface area (TPSA) is 54.8 Å². The number of aliphatic hydroxyl groups excluding tert-OH is 1. The molecule has 0 bridgehead atoms. The molecule has 0 spiro atoms. The monoisotopic (exact) mass is 254 g/mol. The van der Waals surface area contributed by atoms with Crippen LogP contribution >= 0.6 is 0 Å².